The van der Waals surface area contributed by atoms with Crippen LogP contribution in [-0.4, -0.2) is 67.3 Å². The number of anilines is 3. The van der Waals surface area contributed by atoms with Gasteiger partial charge in [-0.15, -0.1) is 10.2 Å². The topological polar surface area (TPSA) is 110 Å². The molecule has 1 saturated heterocycles. The van der Waals surface area contributed by atoms with E-state index in [1.54, 1.807) is 18.3 Å². The summed E-state index contributed by atoms with van der Waals surface area (Å²) in [5, 5.41) is 11.6. The van der Waals surface area contributed by atoms with E-state index in [-0.39, 0.29) is 4.90 Å². The maximum Gasteiger partial charge on any atom is 0.243 e. The molecule has 0 atom stereocenters. The number of benzene rings is 1. The molecule has 11 heteroatoms. The highest BCUT2D eigenvalue weighted by Gasteiger charge is 2.30. The van der Waals surface area contributed by atoms with Gasteiger partial charge in [0.1, 0.15) is 19.0 Å². The first-order chi connectivity index (χ1) is 16.0. The lowest BCUT2D eigenvalue weighted by Crippen LogP contribution is -2.49. The molecule has 0 aliphatic carbocycles. The van der Waals surface area contributed by atoms with Crippen molar-refractivity contribution in [2.45, 2.75) is 11.8 Å². The van der Waals surface area contributed by atoms with Gasteiger partial charge >= 0.3 is 0 Å². The van der Waals surface area contributed by atoms with Gasteiger partial charge in [0.15, 0.2) is 23.1 Å². The SMILES string of the molecule is Cc1ccc(Nc2ccc(N3CCN(S(=O)(=O)c4ccc5c(c4)OCCO5)CC3)nn2)nc1. The molecule has 0 amide bonds. The Morgan fingerprint density at radius 2 is 1.64 bits per heavy atom. The Balaban J connectivity index is 1.22. The molecule has 1 aromatic carbocycles. The Morgan fingerprint density at radius 3 is 2.33 bits per heavy atom. The van der Waals surface area contributed by atoms with E-state index in [2.05, 4.69) is 20.5 Å². The van der Waals surface area contributed by atoms with Crippen molar-refractivity contribution in [3.8, 4) is 11.5 Å². The van der Waals surface area contributed by atoms with Crippen LogP contribution in [0.25, 0.3) is 0 Å². The van der Waals surface area contributed by atoms with Crippen LogP contribution in [0.4, 0.5) is 17.5 Å². The molecule has 0 unspecified atom stereocenters. The van der Waals surface area contributed by atoms with E-state index in [9.17, 15) is 8.42 Å². The summed E-state index contributed by atoms with van der Waals surface area (Å²) in [5.41, 5.74) is 1.08. The Labute approximate surface area is 192 Å². The summed E-state index contributed by atoms with van der Waals surface area (Å²) in [6, 6.07) is 12.3. The molecule has 33 heavy (non-hydrogen) atoms. The van der Waals surface area contributed by atoms with Crippen molar-refractivity contribution in [2.75, 3.05) is 49.6 Å². The summed E-state index contributed by atoms with van der Waals surface area (Å²) in [6.07, 6.45) is 1.78. The van der Waals surface area contributed by atoms with Gasteiger partial charge in [-0.25, -0.2) is 13.4 Å². The molecule has 1 N–H and O–H groups in total. The third kappa shape index (κ3) is 4.55. The molecule has 0 radical (unpaired) electrons. The number of nitrogens with one attached hydrogen (secondary N) is 1. The molecule has 2 aromatic heterocycles. The van der Waals surface area contributed by atoms with Crippen molar-refractivity contribution in [1.29, 1.82) is 0 Å². The highest BCUT2D eigenvalue weighted by molar-refractivity contribution is 7.89. The van der Waals surface area contributed by atoms with Gasteiger partial charge in [0, 0.05) is 38.4 Å². The molecular formula is C22H24N6O4S. The van der Waals surface area contributed by atoms with Crippen molar-refractivity contribution < 1.29 is 17.9 Å². The minimum Gasteiger partial charge on any atom is -0.486 e. The van der Waals surface area contributed by atoms with E-state index in [1.165, 1.54) is 10.4 Å². The first-order valence-electron chi connectivity index (χ1n) is 10.7. The number of fused-ring (bicyclic) bond motifs is 1. The Morgan fingerprint density at radius 1 is 0.879 bits per heavy atom. The van der Waals surface area contributed by atoms with Crippen LogP contribution in [-0.2, 0) is 10.0 Å². The average molecular weight is 469 g/mol. The molecule has 1 fully saturated rings. The third-order valence-electron chi connectivity index (χ3n) is 5.53. The number of piperazine rings is 1. The predicted molar refractivity (Wildman–Crippen MR) is 123 cm³/mol. The molecule has 5 rings (SSSR count). The number of ether oxygens (including phenoxy) is 2. The van der Waals surface area contributed by atoms with E-state index in [1.807, 2.05) is 36.1 Å². The van der Waals surface area contributed by atoms with E-state index in [0.717, 1.165) is 5.56 Å². The van der Waals surface area contributed by atoms with Crippen LogP contribution in [0.2, 0.25) is 0 Å². The number of sulfonamides is 1. The number of aromatic nitrogens is 3. The number of aryl methyl sites for hydroxylation is 1. The fourth-order valence-corrected chi connectivity index (χ4v) is 5.16. The quantitative estimate of drug-likeness (QED) is 0.603. The van der Waals surface area contributed by atoms with Crippen LogP contribution in [0.5, 0.6) is 11.5 Å². The lowest BCUT2D eigenvalue weighted by atomic mass is 10.3. The second-order valence-corrected chi connectivity index (χ2v) is 9.76. The fraction of sp³-hybridized carbons (Fsp3) is 0.318. The van der Waals surface area contributed by atoms with Gasteiger partial charge < -0.3 is 19.7 Å². The third-order valence-corrected chi connectivity index (χ3v) is 7.43. The van der Waals surface area contributed by atoms with Crippen molar-refractivity contribution in [3.63, 3.8) is 0 Å². The Hall–Kier alpha value is -3.44. The largest absolute Gasteiger partial charge is 0.486 e. The minimum absolute atomic E-state index is 0.208. The van der Waals surface area contributed by atoms with E-state index < -0.39 is 10.0 Å². The number of rotatable bonds is 5. The maximum absolute atomic E-state index is 13.1. The van der Waals surface area contributed by atoms with Crippen LogP contribution < -0.4 is 19.7 Å². The zero-order chi connectivity index (χ0) is 22.8. The normalized spacial score (nSPS) is 16.5. The van der Waals surface area contributed by atoms with Crippen molar-refractivity contribution in [2.24, 2.45) is 0 Å². The molecular weight excluding hydrogens is 444 g/mol. The molecule has 0 spiro atoms. The first kappa shape index (κ1) is 21.4. The average Bonchev–Trinajstić information content (AvgIpc) is 2.86. The van der Waals surface area contributed by atoms with Gasteiger partial charge in [0.2, 0.25) is 10.0 Å². The maximum atomic E-state index is 13.1. The summed E-state index contributed by atoms with van der Waals surface area (Å²) < 4.78 is 38.8. The van der Waals surface area contributed by atoms with Crippen LogP contribution in [0, 0.1) is 6.92 Å². The Bertz CT molecular complexity index is 1230. The summed E-state index contributed by atoms with van der Waals surface area (Å²) in [5.74, 6) is 3.02. The number of nitrogens with zero attached hydrogens (tertiary/aromatic N) is 5. The minimum atomic E-state index is -3.63. The standard InChI is InChI=1S/C22H24N6O4S/c1-16-2-5-20(23-15-16)24-21-6-7-22(26-25-21)27-8-10-28(11-9-27)33(29,30)17-3-4-18-19(14-17)32-13-12-31-18/h2-7,14-15H,8-13H2,1H3,(H,23,24,25). The lowest BCUT2D eigenvalue weighted by Gasteiger charge is -2.34. The molecule has 0 bridgehead atoms. The summed E-state index contributed by atoms with van der Waals surface area (Å²) in [7, 11) is -3.63. The van der Waals surface area contributed by atoms with Gasteiger partial charge in [-0.2, -0.15) is 4.31 Å². The lowest BCUT2D eigenvalue weighted by molar-refractivity contribution is 0.171. The molecule has 4 heterocycles. The van der Waals surface area contributed by atoms with Gasteiger partial charge in [-0.05, 0) is 42.8 Å². The fourth-order valence-electron chi connectivity index (χ4n) is 3.72. The second-order valence-electron chi connectivity index (χ2n) is 7.82. The van der Waals surface area contributed by atoms with Crippen molar-refractivity contribution in [3.05, 3.63) is 54.2 Å². The number of hydrogen-bond donors (Lipinski definition) is 1. The Kier molecular flexibility index (Phi) is 5.73. The van der Waals surface area contributed by atoms with Gasteiger partial charge in [-0.3, -0.25) is 0 Å². The number of hydrogen-bond acceptors (Lipinski definition) is 9. The van der Waals surface area contributed by atoms with Crippen molar-refractivity contribution in [1.82, 2.24) is 19.5 Å². The zero-order valence-corrected chi connectivity index (χ0v) is 19.0. The van der Waals surface area contributed by atoms with Gasteiger partial charge in [0.05, 0.1) is 4.90 Å². The molecule has 2 aliphatic rings. The van der Waals surface area contributed by atoms with Crippen LogP contribution >= 0.6 is 0 Å². The van der Waals surface area contributed by atoms with Crippen LogP contribution in [0.1, 0.15) is 5.56 Å². The smallest absolute Gasteiger partial charge is 0.243 e. The molecule has 0 saturated carbocycles. The van der Waals surface area contributed by atoms with E-state index in [0.29, 0.717) is 68.3 Å². The molecule has 172 valence electrons. The van der Waals surface area contributed by atoms with Crippen LogP contribution in [0.3, 0.4) is 0 Å². The molecule has 3 aromatic rings. The summed E-state index contributed by atoms with van der Waals surface area (Å²) in [4.78, 5) is 6.53. The van der Waals surface area contributed by atoms with Gasteiger partial charge in [-0.1, -0.05) is 6.07 Å². The van der Waals surface area contributed by atoms with Gasteiger partial charge in [0.25, 0.3) is 0 Å². The monoisotopic (exact) mass is 468 g/mol. The second kappa shape index (κ2) is 8.83. The zero-order valence-electron chi connectivity index (χ0n) is 18.1. The van der Waals surface area contributed by atoms with Crippen molar-refractivity contribution >= 4 is 27.5 Å². The first-order valence-corrected chi connectivity index (χ1v) is 12.1. The van der Waals surface area contributed by atoms with E-state index >= 15 is 0 Å². The summed E-state index contributed by atoms with van der Waals surface area (Å²) in [6.45, 7) is 4.59. The van der Waals surface area contributed by atoms with E-state index in [4.69, 9.17) is 9.47 Å². The van der Waals surface area contributed by atoms with Crippen LogP contribution in [0.15, 0.2) is 53.6 Å². The highest BCUT2D eigenvalue weighted by Crippen LogP contribution is 2.33. The highest BCUT2D eigenvalue weighted by atomic mass is 32.2. The molecule has 2 aliphatic heterocycles. The predicted octanol–water partition coefficient (Wildman–Crippen LogP) is 2.21. The number of pyridine rings is 1. The summed E-state index contributed by atoms with van der Waals surface area (Å²) >= 11 is 0. The molecule has 10 nitrogen and oxygen atoms in total.